The number of benzene rings is 1. The van der Waals surface area contributed by atoms with Crippen molar-refractivity contribution in [3.05, 3.63) is 34.9 Å². The largest absolute Gasteiger partial charge is 0.298 e. The van der Waals surface area contributed by atoms with Crippen LogP contribution in [0, 0.1) is 11.8 Å². The van der Waals surface area contributed by atoms with Gasteiger partial charge in [-0.25, -0.2) is 0 Å². The van der Waals surface area contributed by atoms with Crippen molar-refractivity contribution >= 4 is 6.29 Å². The van der Waals surface area contributed by atoms with Gasteiger partial charge >= 0.3 is 0 Å². The molecule has 0 aliphatic heterocycles. The lowest BCUT2D eigenvalue weighted by atomic mass is 9.74. The minimum atomic E-state index is 0.214. The first-order chi connectivity index (χ1) is 7.89. The van der Waals surface area contributed by atoms with Gasteiger partial charge < -0.3 is 0 Å². The summed E-state index contributed by atoms with van der Waals surface area (Å²) in [6.07, 6.45) is 0.952. The monoisotopic (exact) mass is 230 g/mol. The summed E-state index contributed by atoms with van der Waals surface area (Å²) >= 11 is 0. The van der Waals surface area contributed by atoms with Crippen molar-refractivity contribution in [3.63, 3.8) is 0 Å². The summed E-state index contributed by atoms with van der Waals surface area (Å²) in [7, 11) is 0. The average Bonchev–Trinajstić information content (AvgIpc) is 2.47. The van der Waals surface area contributed by atoms with Crippen molar-refractivity contribution in [2.75, 3.05) is 0 Å². The number of hydrogen-bond donors (Lipinski definition) is 0. The molecule has 1 aliphatic rings. The first-order valence-electron chi connectivity index (χ1n) is 6.49. The van der Waals surface area contributed by atoms with Gasteiger partial charge in [-0.15, -0.1) is 0 Å². The van der Waals surface area contributed by atoms with Crippen molar-refractivity contribution in [1.82, 2.24) is 0 Å². The molecule has 0 amide bonds. The normalized spacial score (nSPS) is 26.0. The van der Waals surface area contributed by atoms with E-state index in [1.54, 1.807) is 0 Å². The van der Waals surface area contributed by atoms with E-state index in [1.807, 2.05) is 6.07 Å². The summed E-state index contributed by atoms with van der Waals surface area (Å²) in [4.78, 5) is 10.9. The molecular formula is C16H22O. The first kappa shape index (κ1) is 12.3. The van der Waals surface area contributed by atoms with Crippen molar-refractivity contribution in [2.24, 2.45) is 11.8 Å². The van der Waals surface area contributed by atoms with Crippen LogP contribution in [-0.2, 0) is 5.41 Å². The predicted molar refractivity (Wildman–Crippen MR) is 71.6 cm³/mol. The van der Waals surface area contributed by atoms with E-state index in [2.05, 4.69) is 46.8 Å². The van der Waals surface area contributed by atoms with Crippen LogP contribution >= 0.6 is 0 Å². The Morgan fingerprint density at radius 3 is 2.47 bits per heavy atom. The number of hydrogen-bond acceptors (Lipinski definition) is 1. The van der Waals surface area contributed by atoms with Gasteiger partial charge in [0, 0.05) is 5.56 Å². The Kier molecular flexibility index (Phi) is 2.89. The van der Waals surface area contributed by atoms with E-state index in [1.165, 1.54) is 11.1 Å². The van der Waals surface area contributed by atoms with Gasteiger partial charge in [0.05, 0.1) is 0 Å². The van der Waals surface area contributed by atoms with Gasteiger partial charge in [-0.05, 0) is 40.4 Å². The summed E-state index contributed by atoms with van der Waals surface area (Å²) in [5.41, 5.74) is 3.83. The van der Waals surface area contributed by atoms with E-state index in [-0.39, 0.29) is 5.41 Å². The SMILES string of the molecule is CC(C)C1c2cc(C=O)ccc2C(C)(C)C1C. The molecule has 0 saturated heterocycles. The first-order valence-corrected chi connectivity index (χ1v) is 6.49. The zero-order valence-corrected chi connectivity index (χ0v) is 11.4. The van der Waals surface area contributed by atoms with Gasteiger partial charge in [0.2, 0.25) is 0 Å². The quantitative estimate of drug-likeness (QED) is 0.697. The molecule has 0 N–H and O–H groups in total. The fourth-order valence-electron chi connectivity index (χ4n) is 3.42. The molecule has 92 valence electrons. The molecular weight excluding hydrogens is 208 g/mol. The van der Waals surface area contributed by atoms with Gasteiger partial charge in [0.25, 0.3) is 0 Å². The van der Waals surface area contributed by atoms with Crippen LogP contribution in [0.2, 0.25) is 0 Å². The molecule has 0 spiro atoms. The number of carbonyl (C=O) groups excluding carboxylic acids is 1. The van der Waals surface area contributed by atoms with Crippen LogP contribution in [0.1, 0.15) is 62.0 Å². The van der Waals surface area contributed by atoms with Crippen LogP contribution in [-0.4, -0.2) is 6.29 Å². The van der Waals surface area contributed by atoms with Gasteiger partial charge in [-0.1, -0.05) is 46.8 Å². The lowest BCUT2D eigenvalue weighted by molar-refractivity contribution is 0.112. The molecule has 2 rings (SSSR count). The zero-order valence-electron chi connectivity index (χ0n) is 11.4. The highest BCUT2D eigenvalue weighted by atomic mass is 16.1. The molecule has 0 bridgehead atoms. The van der Waals surface area contributed by atoms with Gasteiger partial charge in [0.1, 0.15) is 6.29 Å². The molecule has 0 aromatic heterocycles. The zero-order chi connectivity index (χ0) is 12.8. The molecule has 2 atom stereocenters. The Morgan fingerprint density at radius 1 is 1.29 bits per heavy atom. The lowest BCUT2D eigenvalue weighted by Gasteiger charge is -2.29. The minimum absolute atomic E-state index is 0.214. The number of aldehydes is 1. The fraction of sp³-hybridized carbons (Fsp3) is 0.562. The summed E-state index contributed by atoms with van der Waals surface area (Å²) in [6, 6.07) is 6.19. The molecule has 1 aromatic carbocycles. The Hall–Kier alpha value is -1.11. The highest BCUT2D eigenvalue weighted by Crippen LogP contribution is 2.52. The number of rotatable bonds is 2. The van der Waals surface area contributed by atoms with Crippen LogP contribution in [0.4, 0.5) is 0 Å². The van der Waals surface area contributed by atoms with Crippen LogP contribution in [0.15, 0.2) is 18.2 Å². The Labute approximate surface area is 104 Å². The van der Waals surface area contributed by atoms with Crippen molar-refractivity contribution in [1.29, 1.82) is 0 Å². The maximum atomic E-state index is 10.9. The summed E-state index contributed by atoms with van der Waals surface area (Å²) in [6.45, 7) is 11.5. The third kappa shape index (κ3) is 1.72. The van der Waals surface area contributed by atoms with Gasteiger partial charge in [-0.2, -0.15) is 0 Å². The number of carbonyl (C=O) groups is 1. The molecule has 1 nitrogen and oxygen atoms in total. The second kappa shape index (κ2) is 3.97. The summed E-state index contributed by atoms with van der Waals surface area (Å²) in [5, 5.41) is 0. The third-order valence-electron chi connectivity index (χ3n) is 4.66. The molecule has 17 heavy (non-hydrogen) atoms. The maximum absolute atomic E-state index is 10.9. The average molecular weight is 230 g/mol. The Bertz CT molecular complexity index is 443. The molecule has 0 heterocycles. The molecule has 1 aliphatic carbocycles. The van der Waals surface area contributed by atoms with Crippen molar-refractivity contribution < 1.29 is 4.79 Å². The second-order valence-corrected chi connectivity index (χ2v) is 6.24. The van der Waals surface area contributed by atoms with E-state index in [0.29, 0.717) is 17.8 Å². The van der Waals surface area contributed by atoms with E-state index in [0.717, 1.165) is 11.8 Å². The lowest BCUT2D eigenvalue weighted by Crippen LogP contribution is -2.24. The highest BCUT2D eigenvalue weighted by molar-refractivity contribution is 5.76. The van der Waals surface area contributed by atoms with Gasteiger partial charge in [0.15, 0.2) is 0 Å². The standard InChI is InChI=1S/C16H22O/c1-10(2)15-11(3)16(4,5)14-7-6-12(9-17)8-13(14)15/h6-11,15H,1-5H3. The number of fused-ring (bicyclic) bond motifs is 1. The van der Waals surface area contributed by atoms with Crippen LogP contribution in [0.25, 0.3) is 0 Å². The van der Waals surface area contributed by atoms with Crippen LogP contribution in [0.5, 0.6) is 0 Å². The highest BCUT2D eigenvalue weighted by Gasteiger charge is 2.44. The van der Waals surface area contributed by atoms with E-state index >= 15 is 0 Å². The molecule has 2 unspecified atom stereocenters. The summed E-state index contributed by atoms with van der Waals surface area (Å²) in [5.74, 6) is 1.81. The van der Waals surface area contributed by atoms with E-state index in [9.17, 15) is 4.79 Å². The van der Waals surface area contributed by atoms with Crippen LogP contribution < -0.4 is 0 Å². The smallest absolute Gasteiger partial charge is 0.150 e. The predicted octanol–water partition coefficient (Wildman–Crippen LogP) is 4.17. The van der Waals surface area contributed by atoms with Crippen LogP contribution in [0.3, 0.4) is 0 Å². The van der Waals surface area contributed by atoms with Crippen molar-refractivity contribution in [2.45, 2.75) is 46.0 Å². The Balaban J connectivity index is 2.61. The van der Waals surface area contributed by atoms with Gasteiger partial charge in [-0.3, -0.25) is 4.79 Å². The van der Waals surface area contributed by atoms with E-state index in [4.69, 9.17) is 0 Å². The Morgan fingerprint density at radius 2 is 1.94 bits per heavy atom. The third-order valence-corrected chi connectivity index (χ3v) is 4.66. The second-order valence-electron chi connectivity index (χ2n) is 6.24. The molecule has 0 fully saturated rings. The van der Waals surface area contributed by atoms with Crippen molar-refractivity contribution in [3.8, 4) is 0 Å². The maximum Gasteiger partial charge on any atom is 0.150 e. The molecule has 1 heteroatoms. The molecule has 0 radical (unpaired) electrons. The fourth-order valence-corrected chi connectivity index (χ4v) is 3.42. The summed E-state index contributed by atoms with van der Waals surface area (Å²) < 4.78 is 0. The molecule has 0 saturated carbocycles. The molecule has 1 aromatic rings. The minimum Gasteiger partial charge on any atom is -0.298 e. The topological polar surface area (TPSA) is 17.1 Å². The van der Waals surface area contributed by atoms with E-state index < -0.39 is 0 Å².